The van der Waals surface area contributed by atoms with Gasteiger partial charge in [0.05, 0.1) is 30.3 Å². The number of ether oxygens (including phenoxy) is 2. The lowest BCUT2D eigenvalue weighted by molar-refractivity contribution is -0.139. The zero-order valence-electron chi connectivity index (χ0n) is 17.3. The van der Waals surface area contributed by atoms with Crippen molar-refractivity contribution in [1.29, 1.82) is 0 Å². The van der Waals surface area contributed by atoms with Gasteiger partial charge in [0.1, 0.15) is 5.82 Å². The van der Waals surface area contributed by atoms with Gasteiger partial charge in [-0.15, -0.1) is 0 Å². The molecule has 2 aromatic rings. The van der Waals surface area contributed by atoms with Crippen LogP contribution in [-0.2, 0) is 25.6 Å². The summed E-state index contributed by atoms with van der Waals surface area (Å²) in [4.78, 5) is 27.4. The standard InChI is InChI=1S/C24H23ClFNO4/c1-3-30-23(28)20-14-27(13-16-8-10-19(26)11-9-16)15-21(24(29)31-4-2)22(20)17-6-5-7-18(25)12-17/h5-12,14-15,22H,3-4,13H2,1-2H3. The van der Waals surface area contributed by atoms with E-state index in [4.69, 9.17) is 21.1 Å². The van der Waals surface area contributed by atoms with Crippen LogP contribution in [0, 0.1) is 5.82 Å². The molecule has 162 valence electrons. The summed E-state index contributed by atoms with van der Waals surface area (Å²) in [7, 11) is 0. The van der Waals surface area contributed by atoms with Gasteiger partial charge in [-0.3, -0.25) is 0 Å². The molecule has 31 heavy (non-hydrogen) atoms. The van der Waals surface area contributed by atoms with Gasteiger partial charge in [0.2, 0.25) is 0 Å². The number of carbonyl (C=O) groups is 2. The normalized spacial score (nSPS) is 14.0. The number of hydrogen-bond donors (Lipinski definition) is 0. The molecule has 0 amide bonds. The summed E-state index contributed by atoms with van der Waals surface area (Å²) in [5.41, 5.74) is 2.06. The monoisotopic (exact) mass is 443 g/mol. The number of nitrogens with zero attached hydrogens (tertiary/aromatic N) is 1. The van der Waals surface area contributed by atoms with Gasteiger partial charge < -0.3 is 14.4 Å². The zero-order chi connectivity index (χ0) is 22.4. The Labute approximate surface area is 185 Å². The predicted molar refractivity (Wildman–Crippen MR) is 116 cm³/mol. The molecule has 1 heterocycles. The van der Waals surface area contributed by atoms with Gasteiger partial charge in [0.15, 0.2) is 0 Å². The summed E-state index contributed by atoms with van der Waals surface area (Å²) < 4.78 is 23.8. The Morgan fingerprint density at radius 1 is 0.968 bits per heavy atom. The summed E-state index contributed by atoms with van der Waals surface area (Å²) in [6.45, 7) is 4.14. The van der Waals surface area contributed by atoms with Crippen molar-refractivity contribution in [2.24, 2.45) is 0 Å². The molecule has 0 unspecified atom stereocenters. The van der Waals surface area contributed by atoms with Crippen molar-refractivity contribution in [3.05, 3.63) is 94.0 Å². The average Bonchev–Trinajstić information content (AvgIpc) is 2.75. The van der Waals surface area contributed by atoms with E-state index in [1.807, 2.05) is 0 Å². The number of halogens is 2. The van der Waals surface area contributed by atoms with Crippen LogP contribution < -0.4 is 0 Å². The van der Waals surface area contributed by atoms with Gasteiger partial charge in [-0.2, -0.15) is 0 Å². The molecule has 0 fully saturated rings. The summed E-state index contributed by atoms with van der Waals surface area (Å²) in [5, 5.41) is 0.484. The van der Waals surface area contributed by atoms with Crippen LogP contribution in [0.25, 0.3) is 0 Å². The third-order valence-electron chi connectivity index (χ3n) is 4.71. The molecular formula is C24H23ClFNO4. The molecule has 2 aromatic carbocycles. The van der Waals surface area contributed by atoms with Crippen molar-refractivity contribution in [2.75, 3.05) is 13.2 Å². The molecule has 0 radical (unpaired) electrons. The average molecular weight is 444 g/mol. The van der Waals surface area contributed by atoms with E-state index in [-0.39, 0.29) is 30.2 Å². The van der Waals surface area contributed by atoms with Crippen LogP contribution in [0.4, 0.5) is 4.39 Å². The van der Waals surface area contributed by atoms with Crippen LogP contribution in [0.15, 0.2) is 72.1 Å². The maximum Gasteiger partial charge on any atom is 0.336 e. The lowest BCUT2D eigenvalue weighted by Gasteiger charge is -2.30. The minimum Gasteiger partial charge on any atom is -0.463 e. The maximum absolute atomic E-state index is 13.3. The van der Waals surface area contributed by atoms with Crippen molar-refractivity contribution in [3.8, 4) is 0 Å². The quantitative estimate of drug-likeness (QED) is 0.565. The molecule has 0 aromatic heterocycles. The molecule has 0 spiro atoms. The Kier molecular flexibility index (Phi) is 7.47. The second-order valence-electron chi connectivity index (χ2n) is 6.90. The minimum absolute atomic E-state index is 0.189. The molecule has 3 rings (SSSR count). The molecule has 7 heteroatoms. The van der Waals surface area contributed by atoms with E-state index in [2.05, 4.69) is 0 Å². The first-order valence-electron chi connectivity index (χ1n) is 9.96. The first-order chi connectivity index (χ1) is 14.9. The Morgan fingerprint density at radius 2 is 1.55 bits per heavy atom. The van der Waals surface area contributed by atoms with E-state index in [0.29, 0.717) is 17.1 Å². The Morgan fingerprint density at radius 3 is 2.06 bits per heavy atom. The number of carbonyl (C=O) groups excluding carboxylic acids is 2. The zero-order valence-corrected chi connectivity index (χ0v) is 18.1. The summed E-state index contributed by atoms with van der Waals surface area (Å²) in [5.74, 6) is -2.10. The Hall–Kier alpha value is -3.12. The van der Waals surface area contributed by atoms with Crippen LogP contribution in [0.3, 0.4) is 0 Å². The molecule has 1 aliphatic heterocycles. The van der Waals surface area contributed by atoms with Gasteiger partial charge in [-0.1, -0.05) is 35.9 Å². The summed E-state index contributed by atoms with van der Waals surface area (Å²) in [6, 6.07) is 13.0. The molecule has 0 saturated heterocycles. The van der Waals surface area contributed by atoms with Crippen LogP contribution in [-0.4, -0.2) is 30.1 Å². The number of esters is 2. The minimum atomic E-state index is -0.693. The molecule has 0 N–H and O–H groups in total. The number of benzene rings is 2. The lowest BCUT2D eigenvalue weighted by Crippen LogP contribution is -2.29. The SMILES string of the molecule is CCOC(=O)C1=CN(Cc2ccc(F)cc2)C=C(C(=O)OCC)C1c1cccc(Cl)c1. The lowest BCUT2D eigenvalue weighted by atomic mass is 9.83. The Balaban J connectivity index is 2.07. The van der Waals surface area contributed by atoms with Gasteiger partial charge in [-0.25, -0.2) is 14.0 Å². The predicted octanol–water partition coefficient (Wildman–Crippen LogP) is 4.97. The van der Waals surface area contributed by atoms with E-state index < -0.39 is 17.9 Å². The molecule has 5 nitrogen and oxygen atoms in total. The van der Waals surface area contributed by atoms with Crippen molar-refractivity contribution in [3.63, 3.8) is 0 Å². The highest BCUT2D eigenvalue weighted by Crippen LogP contribution is 2.38. The highest BCUT2D eigenvalue weighted by Gasteiger charge is 2.35. The molecule has 0 saturated carbocycles. The summed E-state index contributed by atoms with van der Waals surface area (Å²) >= 11 is 6.18. The van der Waals surface area contributed by atoms with E-state index in [1.165, 1.54) is 12.1 Å². The Bertz CT molecular complexity index is 980. The van der Waals surface area contributed by atoms with E-state index >= 15 is 0 Å². The van der Waals surface area contributed by atoms with Crippen molar-refractivity contribution >= 4 is 23.5 Å². The van der Waals surface area contributed by atoms with E-state index in [9.17, 15) is 14.0 Å². The highest BCUT2D eigenvalue weighted by molar-refractivity contribution is 6.30. The fourth-order valence-corrected chi connectivity index (χ4v) is 3.62. The van der Waals surface area contributed by atoms with Gasteiger partial charge in [0.25, 0.3) is 0 Å². The third kappa shape index (κ3) is 5.52. The highest BCUT2D eigenvalue weighted by atomic mass is 35.5. The fraction of sp³-hybridized carbons (Fsp3) is 0.250. The first-order valence-corrected chi connectivity index (χ1v) is 10.3. The number of hydrogen-bond acceptors (Lipinski definition) is 5. The molecule has 0 bridgehead atoms. The van der Waals surface area contributed by atoms with Crippen LogP contribution >= 0.6 is 11.6 Å². The van der Waals surface area contributed by atoms with Gasteiger partial charge in [-0.05, 0) is 49.2 Å². The summed E-state index contributed by atoms with van der Waals surface area (Å²) in [6.07, 6.45) is 3.30. The molecule has 0 aliphatic carbocycles. The fourth-order valence-electron chi connectivity index (χ4n) is 3.42. The van der Waals surface area contributed by atoms with Crippen molar-refractivity contribution in [1.82, 2.24) is 4.90 Å². The molecule has 0 atom stereocenters. The van der Waals surface area contributed by atoms with E-state index in [1.54, 1.807) is 67.5 Å². The largest absolute Gasteiger partial charge is 0.463 e. The molecular weight excluding hydrogens is 421 g/mol. The second kappa shape index (κ2) is 10.3. The van der Waals surface area contributed by atoms with Gasteiger partial charge >= 0.3 is 11.9 Å². The maximum atomic E-state index is 13.3. The van der Waals surface area contributed by atoms with Crippen molar-refractivity contribution < 1.29 is 23.5 Å². The van der Waals surface area contributed by atoms with Gasteiger partial charge in [0, 0.05) is 24.0 Å². The van der Waals surface area contributed by atoms with Crippen molar-refractivity contribution in [2.45, 2.75) is 26.3 Å². The smallest absolute Gasteiger partial charge is 0.336 e. The van der Waals surface area contributed by atoms with Crippen LogP contribution in [0.5, 0.6) is 0 Å². The third-order valence-corrected chi connectivity index (χ3v) is 4.95. The molecule has 1 aliphatic rings. The van der Waals surface area contributed by atoms with Crippen LogP contribution in [0.1, 0.15) is 30.9 Å². The number of rotatable bonds is 7. The van der Waals surface area contributed by atoms with E-state index in [0.717, 1.165) is 5.56 Å². The first kappa shape index (κ1) is 22.6. The van der Waals surface area contributed by atoms with Crippen LogP contribution in [0.2, 0.25) is 5.02 Å². The topological polar surface area (TPSA) is 55.8 Å². The second-order valence-corrected chi connectivity index (χ2v) is 7.33.